The SMILES string of the molecule is Cc1cccc(-n2nc(-c3ccccc3)c3c2N(CC(=O)NCc2ccccn2)C(=O)CS[C@H]3c2ccc(F)cc2)c1C. The molecule has 0 fully saturated rings. The van der Waals surface area contributed by atoms with E-state index in [4.69, 9.17) is 5.10 Å². The van der Waals surface area contributed by atoms with Gasteiger partial charge in [-0.05, 0) is 60.9 Å². The van der Waals surface area contributed by atoms with E-state index >= 15 is 0 Å². The highest BCUT2D eigenvalue weighted by molar-refractivity contribution is 8.00. The van der Waals surface area contributed by atoms with Crippen molar-refractivity contribution in [3.63, 3.8) is 0 Å². The molecule has 3 aromatic carbocycles. The first-order valence-corrected chi connectivity index (χ1v) is 15.0. The second-order valence-electron chi connectivity index (χ2n) is 10.4. The van der Waals surface area contributed by atoms with Crippen molar-refractivity contribution in [2.45, 2.75) is 25.6 Å². The Morgan fingerprint density at radius 2 is 1.74 bits per heavy atom. The summed E-state index contributed by atoms with van der Waals surface area (Å²) in [6.45, 7) is 4.10. The van der Waals surface area contributed by atoms with Crippen LogP contribution in [-0.4, -0.2) is 38.9 Å². The van der Waals surface area contributed by atoms with Crippen molar-refractivity contribution in [2.24, 2.45) is 0 Å². The number of pyridine rings is 1. The zero-order valence-electron chi connectivity index (χ0n) is 23.8. The van der Waals surface area contributed by atoms with E-state index in [0.29, 0.717) is 11.5 Å². The van der Waals surface area contributed by atoms with Crippen LogP contribution in [0.25, 0.3) is 16.9 Å². The lowest BCUT2D eigenvalue weighted by atomic mass is 9.99. The van der Waals surface area contributed by atoms with Gasteiger partial charge in [-0.3, -0.25) is 19.5 Å². The molecule has 7 nitrogen and oxygen atoms in total. The molecule has 0 bridgehead atoms. The summed E-state index contributed by atoms with van der Waals surface area (Å²) >= 11 is 1.45. The summed E-state index contributed by atoms with van der Waals surface area (Å²) in [5.41, 5.74) is 6.84. The number of thioether (sulfide) groups is 1. The molecule has 216 valence electrons. The van der Waals surface area contributed by atoms with Crippen LogP contribution in [0.2, 0.25) is 0 Å². The summed E-state index contributed by atoms with van der Waals surface area (Å²) in [6.07, 6.45) is 1.67. The highest BCUT2D eigenvalue weighted by Crippen LogP contribution is 2.48. The summed E-state index contributed by atoms with van der Waals surface area (Å²) in [5.74, 6) is -0.199. The molecule has 0 aliphatic carbocycles. The van der Waals surface area contributed by atoms with Crippen LogP contribution < -0.4 is 10.2 Å². The van der Waals surface area contributed by atoms with Gasteiger partial charge in [-0.25, -0.2) is 9.07 Å². The molecule has 0 saturated carbocycles. The quantitative estimate of drug-likeness (QED) is 0.245. The van der Waals surface area contributed by atoms with Crippen molar-refractivity contribution in [3.8, 4) is 16.9 Å². The third kappa shape index (κ3) is 5.81. The van der Waals surface area contributed by atoms with Crippen LogP contribution >= 0.6 is 11.8 Å². The van der Waals surface area contributed by atoms with Crippen molar-refractivity contribution >= 4 is 29.4 Å². The molecule has 1 aliphatic heterocycles. The fraction of sp³-hybridized carbons (Fsp3) is 0.176. The Morgan fingerprint density at radius 3 is 2.49 bits per heavy atom. The Bertz CT molecular complexity index is 1770. The number of anilines is 1. The molecule has 43 heavy (non-hydrogen) atoms. The number of carbonyl (C=O) groups is 2. The molecule has 2 aromatic heterocycles. The van der Waals surface area contributed by atoms with Gasteiger partial charge >= 0.3 is 0 Å². The van der Waals surface area contributed by atoms with Crippen molar-refractivity contribution < 1.29 is 14.0 Å². The number of benzene rings is 3. The Balaban J connectivity index is 1.54. The number of fused-ring (bicyclic) bond motifs is 1. The molecule has 3 heterocycles. The lowest BCUT2D eigenvalue weighted by Crippen LogP contribution is -2.42. The minimum absolute atomic E-state index is 0.130. The molecule has 1 N–H and O–H groups in total. The molecule has 0 radical (unpaired) electrons. The average Bonchev–Trinajstić information content (AvgIpc) is 3.35. The number of aromatic nitrogens is 3. The van der Waals surface area contributed by atoms with E-state index < -0.39 is 0 Å². The highest BCUT2D eigenvalue weighted by Gasteiger charge is 2.38. The Morgan fingerprint density at radius 1 is 0.977 bits per heavy atom. The molecule has 5 aromatic rings. The van der Waals surface area contributed by atoms with E-state index in [1.807, 2.05) is 80.6 Å². The fourth-order valence-electron chi connectivity index (χ4n) is 5.25. The number of carbonyl (C=O) groups excluding carboxylic acids is 2. The molecule has 0 saturated heterocycles. The molecular weight excluding hydrogens is 561 g/mol. The van der Waals surface area contributed by atoms with Gasteiger partial charge in [-0.15, -0.1) is 11.8 Å². The molecule has 1 atom stereocenters. The van der Waals surface area contributed by atoms with Gasteiger partial charge in [-0.1, -0.05) is 60.7 Å². The largest absolute Gasteiger partial charge is 0.349 e. The molecule has 0 spiro atoms. The summed E-state index contributed by atoms with van der Waals surface area (Å²) in [6, 6.07) is 27.7. The van der Waals surface area contributed by atoms with E-state index in [0.717, 1.165) is 39.2 Å². The predicted molar refractivity (Wildman–Crippen MR) is 168 cm³/mol. The number of hydrogen-bond donors (Lipinski definition) is 1. The van der Waals surface area contributed by atoms with Gasteiger partial charge in [0.15, 0.2) is 0 Å². The number of rotatable bonds is 7. The Hall–Kier alpha value is -4.76. The molecule has 6 rings (SSSR count). The molecule has 9 heteroatoms. The zero-order valence-corrected chi connectivity index (χ0v) is 24.6. The first-order chi connectivity index (χ1) is 20.9. The van der Waals surface area contributed by atoms with Gasteiger partial charge in [0.25, 0.3) is 0 Å². The lowest BCUT2D eigenvalue weighted by molar-refractivity contribution is -0.123. The summed E-state index contributed by atoms with van der Waals surface area (Å²) in [4.78, 5) is 33.1. The summed E-state index contributed by atoms with van der Waals surface area (Å²) < 4.78 is 15.8. The van der Waals surface area contributed by atoms with E-state index in [2.05, 4.69) is 10.3 Å². The zero-order chi connectivity index (χ0) is 29.9. The van der Waals surface area contributed by atoms with Crippen LogP contribution in [-0.2, 0) is 16.1 Å². The topological polar surface area (TPSA) is 80.1 Å². The number of halogens is 1. The number of nitrogens with zero attached hydrogens (tertiary/aromatic N) is 4. The molecule has 2 amide bonds. The van der Waals surface area contributed by atoms with Crippen LogP contribution in [0.5, 0.6) is 0 Å². The molecular formula is C34H30FN5O2S. The lowest BCUT2D eigenvalue weighted by Gasteiger charge is -2.24. The van der Waals surface area contributed by atoms with Crippen LogP contribution in [0.15, 0.2) is 97.2 Å². The van der Waals surface area contributed by atoms with Crippen molar-refractivity contribution in [3.05, 3.63) is 131 Å². The minimum Gasteiger partial charge on any atom is -0.349 e. The maximum absolute atomic E-state index is 14.0. The maximum atomic E-state index is 14.0. The standard InChI is InChI=1S/C34H30FN5O2S/c1-22-9-8-13-28(23(22)2)40-34-31(32(38-40)24-10-4-3-5-11-24)33(25-14-16-26(35)17-15-25)43-21-30(42)39(34)20-29(41)37-19-27-12-6-7-18-36-27/h3-18,33H,19-21H2,1-2H3,(H,37,41)/t33-/m0/s1. The van der Waals surface area contributed by atoms with E-state index in [9.17, 15) is 14.0 Å². The van der Waals surface area contributed by atoms with Crippen molar-refractivity contribution in [1.82, 2.24) is 20.1 Å². The van der Waals surface area contributed by atoms with Gasteiger partial charge in [0.05, 0.1) is 34.6 Å². The third-order valence-electron chi connectivity index (χ3n) is 7.61. The van der Waals surface area contributed by atoms with Gasteiger partial charge in [0.1, 0.15) is 18.2 Å². The number of nitrogens with one attached hydrogen (secondary N) is 1. The van der Waals surface area contributed by atoms with Crippen LogP contribution in [0.3, 0.4) is 0 Å². The second-order valence-corrected chi connectivity index (χ2v) is 11.5. The number of aryl methyl sites for hydroxylation is 1. The highest BCUT2D eigenvalue weighted by atomic mass is 32.2. The summed E-state index contributed by atoms with van der Waals surface area (Å²) in [7, 11) is 0. The van der Waals surface area contributed by atoms with Gasteiger partial charge < -0.3 is 5.32 Å². The first-order valence-electron chi connectivity index (χ1n) is 14.0. The van der Waals surface area contributed by atoms with E-state index in [1.165, 1.54) is 23.9 Å². The van der Waals surface area contributed by atoms with Gasteiger partial charge in [0.2, 0.25) is 11.8 Å². The smallest absolute Gasteiger partial charge is 0.240 e. The number of hydrogen-bond acceptors (Lipinski definition) is 5. The predicted octanol–water partition coefficient (Wildman–Crippen LogP) is 6.18. The van der Waals surface area contributed by atoms with Crippen molar-refractivity contribution in [2.75, 3.05) is 17.2 Å². The van der Waals surface area contributed by atoms with Crippen LogP contribution in [0, 0.1) is 19.7 Å². The first kappa shape index (κ1) is 28.4. The Labute approximate surface area is 253 Å². The molecule has 0 unspecified atom stereocenters. The number of amides is 2. The van der Waals surface area contributed by atoms with Crippen LogP contribution in [0.1, 0.15) is 33.2 Å². The Kier molecular flexibility index (Phi) is 8.07. The average molecular weight is 592 g/mol. The van der Waals surface area contributed by atoms with E-state index in [-0.39, 0.29) is 41.7 Å². The van der Waals surface area contributed by atoms with Gasteiger partial charge in [-0.2, -0.15) is 5.10 Å². The second kappa shape index (κ2) is 12.2. The normalized spacial score (nSPS) is 14.7. The fourth-order valence-corrected chi connectivity index (χ4v) is 6.45. The third-order valence-corrected chi connectivity index (χ3v) is 8.86. The van der Waals surface area contributed by atoms with Crippen molar-refractivity contribution in [1.29, 1.82) is 0 Å². The van der Waals surface area contributed by atoms with E-state index in [1.54, 1.807) is 27.9 Å². The minimum atomic E-state index is -0.338. The van der Waals surface area contributed by atoms with Crippen LogP contribution in [0.4, 0.5) is 10.2 Å². The van der Waals surface area contributed by atoms with Gasteiger partial charge in [0, 0.05) is 17.3 Å². The monoisotopic (exact) mass is 591 g/mol. The summed E-state index contributed by atoms with van der Waals surface area (Å²) in [5, 5.41) is 7.72. The molecule has 1 aliphatic rings. The maximum Gasteiger partial charge on any atom is 0.240 e.